The van der Waals surface area contributed by atoms with E-state index in [-0.39, 0.29) is 53.2 Å². The number of nitrogens with zero attached hydrogens (tertiary/aromatic N) is 6. The number of rotatable bonds is 11. The molecule has 4 saturated heterocycles. The van der Waals surface area contributed by atoms with E-state index in [1.54, 1.807) is 15.4 Å². The zero-order chi connectivity index (χ0) is 33.3. The monoisotopic (exact) mass is 708 g/mol. The lowest BCUT2D eigenvalue weighted by Gasteiger charge is -2.54. The maximum absolute atomic E-state index is 14.4. The third kappa shape index (κ3) is 8.05. The van der Waals surface area contributed by atoms with Gasteiger partial charge in [-0.15, -0.1) is 12.4 Å². The zero-order valence-electron chi connectivity index (χ0n) is 28.4. The first kappa shape index (κ1) is 36.7. The summed E-state index contributed by atoms with van der Waals surface area (Å²) in [6.45, 7) is 15.1. The van der Waals surface area contributed by atoms with Gasteiger partial charge in [0.25, 0.3) is 16.1 Å². The maximum Gasteiger partial charge on any atom is 0.279 e. The van der Waals surface area contributed by atoms with E-state index in [1.165, 1.54) is 24.5 Å². The number of carbonyl (C=O) groups excluding carboxylic acids is 1. The Morgan fingerprint density at radius 3 is 2.35 bits per heavy atom. The molecular formula is C33H50ClFN8O4S. The third-order valence-corrected chi connectivity index (χ3v) is 11.9. The van der Waals surface area contributed by atoms with E-state index in [1.807, 2.05) is 27.7 Å². The largest absolute Gasteiger partial charge is 0.451 e. The number of benzene rings is 1. The fourth-order valence-electron chi connectivity index (χ4n) is 7.49. The molecule has 12 nitrogen and oxygen atoms in total. The van der Waals surface area contributed by atoms with Crippen molar-refractivity contribution in [3.05, 3.63) is 42.1 Å². The molecule has 4 aliphatic rings. The smallest absolute Gasteiger partial charge is 0.279 e. The molecule has 6 rings (SSSR count). The number of halogens is 2. The van der Waals surface area contributed by atoms with Gasteiger partial charge in [0.2, 0.25) is 0 Å². The van der Waals surface area contributed by atoms with E-state index in [2.05, 4.69) is 29.8 Å². The predicted molar refractivity (Wildman–Crippen MR) is 186 cm³/mol. The van der Waals surface area contributed by atoms with Gasteiger partial charge in [0.05, 0.1) is 11.8 Å². The van der Waals surface area contributed by atoms with Crippen LogP contribution in [0.15, 0.2) is 30.7 Å². The molecule has 1 aromatic carbocycles. The fraction of sp³-hybridized carbons (Fsp3) is 0.667. The van der Waals surface area contributed by atoms with Gasteiger partial charge >= 0.3 is 0 Å². The molecule has 0 bridgehead atoms. The van der Waals surface area contributed by atoms with Gasteiger partial charge in [-0.3, -0.25) is 4.79 Å². The summed E-state index contributed by atoms with van der Waals surface area (Å²) in [6.07, 6.45) is 7.08. The lowest BCUT2D eigenvalue weighted by molar-refractivity contribution is 0.0609. The van der Waals surface area contributed by atoms with Crippen molar-refractivity contribution in [2.45, 2.75) is 71.5 Å². The molecule has 4 fully saturated rings. The van der Waals surface area contributed by atoms with Gasteiger partial charge < -0.3 is 24.8 Å². The normalized spacial score (nSPS) is 20.8. The summed E-state index contributed by atoms with van der Waals surface area (Å²) in [5.74, 6) is 1.11. The minimum atomic E-state index is -3.40. The second-order valence-corrected chi connectivity index (χ2v) is 16.0. The highest BCUT2D eigenvalue weighted by Crippen LogP contribution is 2.45. The van der Waals surface area contributed by atoms with Crippen molar-refractivity contribution >= 4 is 34.3 Å². The van der Waals surface area contributed by atoms with Crippen molar-refractivity contribution in [2.75, 3.05) is 63.8 Å². The molecule has 1 amide bonds. The van der Waals surface area contributed by atoms with E-state index in [4.69, 9.17) is 4.74 Å². The summed E-state index contributed by atoms with van der Waals surface area (Å²) in [6, 6.07) is 3.92. The molecule has 1 aromatic heterocycles. The number of nitrogens with one attached hydrogen (secondary N) is 2. The zero-order valence-corrected chi connectivity index (χ0v) is 30.0. The first-order valence-corrected chi connectivity index (χ1v) is 18.4. The molecule has 2 aromatic rings. The van der Waals surface area contributed by atoms with Crippen LogP contribution in [0.5, 0.6) is 11.5 Å². The molecule has 15 heteroatoms. The molecule has 1 spiro atoms. The van der Waals surface area contributed by atoms with Gasteiger partial charge in [0.15, 0.2) is 11.6 Å². The molecule has 0 radical (unpaired) electrons. The third-order valence-electron chi connectivity index (χ3n) is 10.2. The van der Waals surface area contributed by atoms with Gasteiger partial charge in [-0.05, 0) is 90.6 Å². The summed E-state index contributed by atoms with van der Waals surface area (Å²) in [7, 11) is -3.40. The highest BCUT2D eigenvalue weighted by Gasteiger charge is 2.46. The highest BCUT2D eigenvalue weighted by molar-refractivity contribution is 7.87. The van der Waals surface area contributed by atoms with E-state index < -0.39 is 16.0 Å². The average Bonchev–Trinajstić information content (AvgIpc) is 2.99. The van der Waals surface area contributed by atoms with Crippen LogP contribution in [0.25, 0.3) is 0 Å². The number of carbonyl (C=O) groups is 1. The average molecular weight is 709 g/mol. The Kier molecular flexibility index (Phi) is 11.5. The van der Waals surface area contributed by atoms with Crippen LogP contribution in [-0.4, -0.2) is 115 Å². The van der Waals surface area contributed by atoms with Crippen LogP contribution < -0.4 is 19.7 Å². The van der Waals surface area contributed by atoms with Crippen molar-refractivity contribution in [1.82, 2.24) is 34.1 Å². The lowest BCUT2D eigenvalue weighted by Crippen LogP contribution is -2.61. The molecule has 0 aliphatic carbocycles. The Morgan fingerprint density at radius 2 is 1.75 bits per heavy atom. The summed E-state index contributed by atoms with van der Waals surface area (Å²) in [5, 5.41) is 3.10. The number of ether oxygens (including phenoxy) is 1. The molecule has 0 atom stereocenters. The minimum absolute atomic E-state index is 0. The van der Waals surface area contributed by atoms with Crippen molar-refractivity contribution < 1.29 is 22.3 Å². The summed E-state index contributed by atoms with van der Waals surface area (Å²) < 4.78 is 50.4. The van der Waals surface area contributed by atoms with Crippen molar-refractivity contribution in [3.63, 3.8) is 0 Å². The van der Waals surface area contributed by atoms with Crippen LogP contribution in [0.4, 0.5) is 10.2 Å². The Hall–Kier alpha value is -2.62. The molecule has 2 N–H and O–H groups in total. The summed E-state index contributed by atoms with van der Waals surface area (Å²) in [5.41, 5.74) is 0.384. The van der Waals surface area contributed by atoms with E-state index in [0.717, 1.165) is 58.4 Å². The van der Waals surface area contributed by atoms with Gasteiger partial charge in [0, 0.05) is 69.4 Å². The SMILES string of the molecule is CC(C)N(C(=O)c1cc(F)ccc1Oc1cncnc1N1CC2(CCN(CC3CCN(S(=O)(=O)NC4CNC4)CC3)CC2)C1)C(C)C.Cl. The van der Waals surface area contributed by atoms with Crippen LogP contribution in [0, 0.1) is 17.2 Å². The molecule has 0 unspecified atom stereocenters. The van der Waals surface area contributed by atoms with Crippen molar-refractivity contribution in [2.24, 2.45) is 11.3 Å². The van der Waals surface area contributed by atoms with E-state index in [0.29, 0.717) is 43.7 Å². The second-order valence-electron chi connectivity index (χ2n) is 14.3. The maximum atomic E-state index is 14.4. The Labute approximate surface area is 290 Å². The summed E-state index contributed by atoms with van der Waals surface area (Å²) in [4.78, 5) is 28.7. The molecule has 4 aliphatic heterocycles. The van der Waals surface area contributed by atoms with Crippen LogP contribution in [0.1, 0.15) is 63.7 Å². The number of hydrogen-bond donors (Lipinski definition) is 2. The quantitative estimate of drug-likeness (QED) is 0.361. The van der Waals surface area contributed by atoms with Crippen molar-refractivity contribution in [1.29, 1.82) is 0 Å². The van der Waals surface area contributed by atoms with Crippen LogP contribution in [0.3, 0.4) is 0 Å². The first-order chi connectivity index (χ1) is 22.4. The highest BCUT2D eigenvalue weighted by atomic mass is 35.5. The number of hydrogen-bond acceptors (Lipinski definition) is 9. The summed E-state index contributed by atoms with van der Waals surface area (Å²) >= 11 is 0. The second kappa shape index (κ2) is 15.1. The van der Waals surface area contributed by atoms with Crippen LogP contribution in [0.2, 0.25) is 0 Å². The minimum Gasteiger partial charge on any atom is -0.451 e. The van der Waals surface area contributed by atoms with Gasteiger partial charge in [0.1, 0.15) is 17.9 Å². The van der Waals surface area contributed by atoms with E-state index >= 15 is 0 Å². The van der Waals surface area contributed by atoms with Gasteiger partial charge in [-0.2, -0.15) is 17.4 Å². The first-order valence-electron chi connectivity index (χ1n) is 17.0. The molecule has 5 heterocycles. The van der Waals surface area contributed by atoms with Crippen molar-refractivity contribution in [3.8, 4) is 11.5 Å². The lowest BCUT2D eigenvalue weighted by atomic mass is 9.72. The van der Waals surface area contributed by atoms with E-state index in [9.17, 15) is 17.6 Å². The molecule has 0 saturated carbocycles. The number of anilines is 1. The molecule has 266 valence electrons. The standard InChI is InChI=1S/C33H49FN8O4S.ClH/c1-23(2)42(24(3)4)32(43)28-15-26(34)5-6-29(28)46-30-18-36-22-37-31(30)40-20-33(21-40)9-13-39(14-10-33)19-25-7-11-41(12-8-25)47(44,45)38-27-16-35-17-27;/h5-6,15,18,22-25,27,35,38H,7-14,16-17,19-21H2,1-4H3;1H. The Bertz CT molecular complexity index is 1510. The van der Waals surface area contributed by atoms with Gasteiger partial charge in [-0.25, -0.2) is 14.4 Å². The topological polar surface area (TPSA) is 123 Å². The fourth-order valence-corrected chi connectivity index (χ4v) is 8.92. The number of amides is 1. The molecular weight excluding hydrogens is 659 g/mol. The molecule has 48 heavy (non-hydrogen) atoms. The Morgan fingerprint density at radius 1 is 1.08 bits per heavy atom. The van der Waals surface area contributed by atoms with Gasteiger partial charge in [-0.1, -0.05) is 0 Å². The van der Waals surface area contributed by atoms with Crippen LogP contribution in [-0.2, 0) is 10.2 Å². The number of aromatic nitrogens is 2. The predicted octanol–water partition coefficient (Wildman–Crippen LogP) is 3.51. The number of piperidine rings is 2. The Balaban J connectivity index is 0.00000451. The van der Waals surface area contributed by atoms with Crippen LogP contribution >= 0.6 is 12.4 Å². The number of likely N-dealkylation sites (tertiary alicyclic amines) is 1.